The Kier molecular flexibility index (Phi) is 6.25. The Balaban J connectivity index is 1.38. The second-order valence-corrected chi connectivity index (χ2v) is 6.29. The molecule has 2 saturated heterocycles. The minimum atomic E-state index is -0.0432. The molecule has 25 heavy (non-hydrogen) atoms. The fourth-order valence-electron chi connectivity index (χ4n) is 3.05. The van der Waals surface area contributed by atoms with Crippen molar-refractivity contribution in [3.05, 3.63) is 30.3 Å². The van der Waals surface area contributed by atoms with E-state index in [-0.39, 0.29) is 24.5 Å². The number of amides is 2. The van der Waals surface area contributed by atoms with Gasteiger partial charge in [-0.05, 0) is 12.1 Å². The van der Waals surface area contributed by atoms with E-state index in [1.807, 2.05) is 35.2 Å². The molecule has 0 aromatic heterocycles. The quantitative estimate of drug-likeness (QED) is 0.819. The third-order valence-electron chi connectivity index (χ3n) is 4.51. The Hall–Kier alpha value is -2.12. The molecule has 1 aromatic carbocycles. The van der Waals surface area contributed by atoms with Crippen LogP contribution in [0.15, 0.2) is 30.3 Å². The molecule has 2 fully saturated rings. The highest BCUT2D eigenvalue weighted by atomic mass is 16.5. The smallest absolute Gasteiger partial charge is 0.260 e. The summed E-state index contributed by atoms with van der Waals surface area (Å²) in [6.07, 6.45) is 0.449. The Labute approximate surface area is 147 Å². The van der Waals surface area contributed by atoms with E-state index in [1.54, 1.807) is 4.90 Å². The Morgan fingerprint density at radius 3 is 2.40 bits per heavy atom. The summed E-state index contributed by atoms with van der Waals surface area (Å²) < 4.78 is 10.9. The molecule has 2 amide bonds. The summed E-state index contributed by atoms with van der Waals surface area (Å²) in [5.41, 5.74) is 0. The van der Waals surface area contributed by atoms with Crippen molar-refractivity contribution in [2.75, 3.05) is 52.5 Å². The highest BCUT2D eigenvalue weighted by Gasteiger charge is 2.26. The normalized spacial score (nSPS) is 21.0. The lowest BCUT2D eigenvalue weighted by Gasteiger charge is -2.35. The summed E-state index contributed by atoms with van der Waals surface area (Å²) >= 11 is 0. The topological polar surface area (TPSA) is 71.1 Å². The van der Waals surface area contributed by atoms with Crippen molar-refractivity contribution >= 4 is 11.8 Å². The third kappa shape index (κ3) is 5.17. The molecule has 1 atom stereocenters. The van der Waals surface area contributed by atoms with Gasteiger partial charge in [0.25, 0.3) is 5.91 Å². The van der Waals surface area contributed by atoms with E-state index in [1.165, 1.54) is 0 Å². The van der Waals surface area contributed by atoms with E-state index in [2.05, 4.69) is 5.32 Å². The van der Waals surface area contributed by atoms with Crippen LogP contribution in [0.3, 0.4) is 0 Å². The van der Waals surface area contributed by atoms with Crippen molar-refractivity contribution in [1.82, 2.24) is 15.1 Å². The number of para-hydroxylation sites is 1. The Bertz CT molecular complexity index is 567. The molecule has 7 nitrogen and oxygen atoms in total. The first-order valence-corrected chi connectivity index (χ1v) is 8.77. The standard InChI is InChI=1S/C18H25N3O4/c22-17(12-15-13-24-11-6-19-15)20-7-9-21(10-8-20)18(23)14-25-16-4-2-1-3-5-16/h1-5,15,19H,6-14H2/t15-/m1/s1. The molecule has 3 rings (SSSR count). The van der Waals surface area contributed by atoms with Gasteiger partial charge < -0.3 is 24.6 Å². The summed E-state index contributed by atoms with van der Waals surface area (Å²) in [7, 11) is 0. The Morgan fingerprint density at radius 2 is 1.76 bits per heavy atom. The number of hydrogen-bond donors (Lipinski definition) is 1. The summed E-state index contributed by atoms with van der Waals surface area (Å²) in [5, 5.41) is 3.29. The van der Waals surface area contributed by atoms with Crippen molar-refractivity contribution < 1.29 is 19.1 Å². The maximum Gasteiger partial charge on any atom is 0.260 e. The van der Waals surface area contributed by atoms with Gasteiger partial charge in [-0.1, -0.05) is 18.2 Å². The summed E-state index contributed by atoms with van der Waals surface area (Å²) in [6, 6.07) is 9.40. The van der Waals surface area contributed by atoms with Gasteiger partial charge in [0.1, 0.15) is 5.75 Å². The summed E-state index contributed by atoms with van der Waals surface area (Å²) in [4.78, 5) is 28.2. The molecular formula is C18H25N3O4. The van der Waals surface area contributed by atoms with Crippen LogP contribution in [0.1, 0.15) is 6.42 Å². The first kappa shape index (κ1) is 17.7. The number of carbonyl (C=O) groups is 2. The molecule has 1 N–H and O–H groups in total. The largest absolute Gasteiger partial charge is 0.484 e. The zero-order chi connectivity index (χ0) is 17.5. The molecule has 2 aliphatic rings. The van der Waals surface area contributed by atoms with Gasteiger partial charge in [0.15, 0.2) is 6.61 Å². The van der Waals surface area contributed by atoms with Gasteiger partial charge in [-0.25, -0.2) is 0 Å². The summed E-state index contributed by atoms with van der Waals surface area (Å²) in [6.45, 7) is 4.36. The van der Waals surface area contributed by atoms with Crippen LogP contribution in [0.2, 0.25) is 0 Å². The van der Waals surface area contributed by atoms with Gasteiger partial charge in [0, 0.05) is 45.2 Å². The van der Waals surface area contributed by atoms with Gasteiger partial charge >= 0.3 is 0 Å². The first-order chi connectivity index (χ1) is 12.2. The fraction of sp³-hybridized carbons (Fsp3) is 0.556. The lowest BCUT2D eigenvalue weighted by Crippen LogP contribution is -2.53. The zero-order valence-electron chi connectivity index (χ0n) is 14.4. The number of piperazine rings is 1. The van der Waals surface area contributed by atoms with Crippen LogP contribution < -0.4 is 10.1 Å². The second kappa shape index (κ2) is 8.82. The molecule has 2 aliphatic heterocycles. The number of carbonyl (C=O) groups excluding carboxylic acids is 2. The second-order valence-electron chi connectivity index (χ2n) is 6.29. The highest BCUT2D eigenvalue weighted by Crippen LogP contribution is 2.10. The van der Waals surface area contributed by atoms with Gasteiger partial charge in [-0.2, -0.15) is 0 Å². The molecule has 0 bridgehead atoms. The average Bonchev–Trinajstić information content (AvgIpc) is 2.68. The average molecular weight is 347 g/mol. The van der Waals surface area contributed by atoms with Crippen LogP contribution in [-0.4, -0.2) is 80.2 Å². The number of rotatable bonds is 5. The maximum absolute atomic E-state index is 12.4. The van der Waals surface area contributed by atoms with Crippen LogP contribution in [-0.2, 0) is 14.3 Å². The monoisotopic (exact) mass is 347 g/mol. The lowest BCUT2D eigenvalue weighted by atomic mass is 10.1. The van der Waals surface area contributed by atoms with Crippen molar-refractivity contribution in [2.24, 2.45) is 0 Å². The van der Waals surface area contributed by atoms with E-state index in [4.69, 9.17) is 9.47 Å². The van der Waals surface area contributed by atoms with E-state index >= 15 is 0 Å². The van der Waals surface area contributed by atoms with Crippen molar-refractivity contribution in [2.45, 2.75) is 12.5 Å². The Morgan fingerprint density at radius 1 is 1.08 bits per heavy atom. The number of hydrogen-bond acceptors (Lipinski definition) is 5. The van der Waals surface area contributed by atoms with E-state index < -0.39 is 0 Å². The highest BCUT2D eigenvalue weighted by molar-refractivity contribution is 5.79. The predicted octanol–water partition coefficient (Wildman–Crippen LogP) is 0.115. The van der Waals surface area contributed by atoms with Crippen LogP contribution in [0, 0.1) is 0 Å². The van der Waals surface area contributed by atoms with Crippen molar-refractivity contribution in [3.8, 4) is 5.75 Å². The van der Waals surface area contributed by atoms with Gasteiger partial charge in [0.05, 0.1) is 13.2 Å². The molecule has 0 unspecified atom stereocenters. The van der Waals surface area contributed by atoms with E-state index in [0.717, 1.165) is 6.54 Å². The fourth-order valence-corrected chi connectivity index (χ4v) is 3.05. The molecule has 0 spiro atoms. The number of nitrogens with one attached hydrogen (secondary N) is 1. The van der Waals surface area contributed by atoms with Crippen LogP contribution in [0.5, 0.6) is 5.75 Å². The van der Waals surface area contributed by atoms with E-state index in [9.17, 15) is 9.59 Å². The number of nitrogens with zero attached hydrogens (tertiary/aromatic N) is 2. The minimum Gasteiger partial charge on any atom is -0.484 e. The van der Waals surface area contributed by atoms with Gasteiger partial charge in [0.2, 0.25) is 5.91 Å². The van der Waals surface area contributed by atoms with Gasteiger partial charge in [-0.15, -0.1) is 0 Å². The summed E-state index contributed by atoms with van der Waals surface area (Å²) in [5.74, 6) is 0.765. The minimum absolute atomic E-state index is 0.0291. The predicted molar refractivity (Wildman–Crippen MR) is 92.3 cm³/mol. The number of ether oxygens (including phenoxy) is 2. The lowest BCUT2D eigenvalue weighted by molar-refractivity contribution is -0.141. The van der Waals surface area contributed by atoms with Crippen LogP contribution in [0.25, 0.3) is 0 Å². The van der Waals surface area contributed by atoms with Crippen LogP contribution in [0.4, 0.5) is 0 Å². The molecule has 1 aromatic rings. The zero-order valence-corrected chi connectivity index (χ0v) is 14.4. The SMILES string of the molecule is O=C(COc1ccccc1)N1CCN(C(=O)C[C@@H]2COCCN2)CC1. The van der Waals surface area contributed by atoms with Crippen molar-refractivity contribution in [3.63, 3.8) is 0 Å². The molecule has 7 heteroatoms. The molecule has 136 valence electrons. The van der Waals surface area contributed by atoms with Gasteiger partial charge in [-0.3, -0.25) is 9.59 Å². The van der Waals surface area contributed by atoms with E-state index in [0.29, 0.717) is 51.6 Å². The molecule has 0 radical (unpaired) electrons. The third-order valence-corrected chi connectivity index (χ3v) is 4.51. The maximum atomic E-state index is 12.4. The number of morpholine rings is 1. The molecule has 2 heterocycles. The molecule has 0 aliphatic carbocycles. The molecule has 0 saturated carbocycles. The van der Waals surface area contributed by atoms with Crippen molar-refractivity contribution in [1.29, 1.82) is 0 Å². The molecular weight excluding hydrogens is 322 g/mol. The van der Waals surface area contributed by atoms with Crippen LogP contribution >= 0.6 is 0 Å². The number of benzene rings is 1. The first-order valence-electron chi connectivity index (χ1n) is 8.77.